The Hall–Kier alpha value is -1.14. The van der Waals surface area contributed by atoms with Crippen molar-refractivity contribution >= 4 is 11.9 Å². The minimum atomic E-state index is -1.13. The van der Waals surface area contributed by atoms with E-state index in [2.05, 4.69) is 41.5 Å². The van der Waals surface area contributed by atoms with Crippen LogP contribution in [0.5, 0.6) is 0 Å². The average Bonchev–Trinajstić information content (AvgIpc) is 2.73. The Morgan fingerprint density at radius 3 is 1.59 bits per heavy atom. The predicted octanol–water partition coefficient (Wildman–Crippen LogP) is 5.62. The molecule has 3 aliphatic rings. The number of hydrogen-bond acceptors (Lipinski definition) is 6. The summed E-state index contributed by atoms with van der Waals surface area (Å²) in [6.45, 7) is 13.2. The quantitative estimate of drug-likeness (QED) is 0.332. The van der Waals surface area contributed by atoms with E-state index < -0.39 is 17.6 Å². The molecule has 0 aromatic heterocycles. The fourth-order valence-electron chi connectivity index (χ4n) is 6.72. The molecule has 3 saturated carbocycles. The summed E-state index contributed by atoms with van der Waals surface area (Å²) in [5, 5.41) is 0. The van der Waals surface area contributed by atoms with Crippen molar-refractivity contribution in [3.8, 4) is 0 Å². The number of hydrogen-bond donors (Lipinski definition) is 0. The van der Waals surface area contributed by atoms with Gasteiger partial charge in [0, 0.05) is 20.6 Å². The van der Waals surface area contributed by atoms with Crippen molar-refractivity contribution in [1.29, 1.82) is 0 Å². The van der Waals surface area contributed by atoms with E-state index in [1.165, 1.54) is 20.6 Å². The van der Waals surface area contributed by atoms with Crippen LogP contribution in [-0.2, 0) is 28.5 Å². The molecule has 6 heteroatoms. The fourth-order valence-corrected chi connectivity index (χ4v) is 6.72. The minimum Gasteiger partial charge on any atom is -0.462 e. The third kappa shape index (κ3) is 5.64. The van der Waals surface area contributed by atoms with Crippen LogP contribution < -0.4 is 0 Å². The van der Waals surface area contributed by atoms with Crippen molar-refractivity contribution in [3.63, 3.8) is 0 Å². The fraction of sp³-hybridized carbons (Fsp3) is 0.929. The van der Waals surface area contributed by atoms with Gasteiger partial charge in [-0.3, -0.25) is 9.59 Å². The molecule has 0 heterocycles. The Balaban J connectivity index is 1.74. The van der Waals surface area contributed by atoms with E-state index in [0.717, 1.165) is 32.1 Å². The van der Waals surface area contributed by atoms with Crippen molar-refractivity contribution in [2.24, 2.45) is 47.3 Å². The lowest BCUT2D eigenvalue weighted by molar-refractivity contribution is -0.308. The van der Waals surface area contributed by atoms with Crippen LogP contribution >= 0.6 is 0 Å². The molecule has 0 spiro atoms. The summed E-state index contributed by atoms with van der Waals surface area (Å²) in [5.74, 6) is -0.613. The number of carbonyl (C=O) groups excluding carboxylic acids is 2. The molecule has 0 N–H and O–H groups in total. The van der Waals surface area contributed by atoms with Crippen LogP contribution in [0.1, 0.15) is 86.5 Å². The lowest BCUT2D eigenvalue weighted by Gasteiger charge is -2.50. The Kier molecular flexibility index (Phi) is 9.11. The van der Waals surface area contributed by atoms with Gasteiger partial charge in [-0.2, -0.15) is 0 Å². The van der Waals surface area contributed by atoms with Gasteiger partial charge in [0.1, 0.15) is 18.1 Å². The second-order valence-corrected chi connectivity index (χ2v) is 12.1. The summed E-state index contributed by atoms with van der Waals surface area (Å²) in [5.41, 5.74) is 0. The summed E-state index contributed by atoms with van der Waals surface area (Å²) in [7, 11) is 3.06. The van der Waals surface area contributed by atoms with Crippen LogP contribution in [0.2, 0.25) is 0 Å². The van der Waals surface area contributed by atoms with E-state index in [9.17, 15) is 9.59 Å². The van der Waals surface area contributed by atoms with E-state index in [4.69, 9.17) is 18.9 Å². The zero-order chi connectivity index (χ0) is 25.2. The minimum absolute atomic E-state index is 0.0995. The highest BCUT2D eigenvalue weighted by atomic mass is 16.7. The second-order valence-electron chi connectivity index (χ2n) is 12.1. The van der Waals surface area contributed by atoms with Gasteiger partial charge in [-0.15, -0.1) is 0 Å². The van der Waals surface area contributed by atoms with Gasteiger partial charge in [0.2, 0.25) is 0 Å². The maximum atomic E-state index is 13.5. The molecule has 0 aromatic carbocycles. The number of methoxy groups -OCH3 is 2. The van der Waals surface area contributed by atoms with E-state index >= 15 is 0 Å². The molecule has 0 aliphatic heterocycles. The molecule has 0 amide bonds. The molecule has 0 bridgehead atoms. The largest absolute Gasteiger partial charge is 0.462 e. The molecular weight excluding hydrogens is 432 g/mol. The third-order valence-corrected chi connectivity index (χ3v) is 9.09. The molecule has 8 atom stereocenters. The molecule has 196 valence electrons. The van der Waals surface area contributed by atoms with Crippen LogP contribution in [0, 0.1) is 47.3 Å². The summed E-state index contributed by atoms with van der Waals surface area (Å²) in [6, 6.07) is 0. The zero-order valence-electron chi connectivity index (χ0n) is 22.7. The topological polar surface area (TPSA) is 71.1 Å². The lowest BCUT2D eigenvalue weighted by atomic mass is 9.67. The molecular formula is C28H48O6. The van der Waals surface area contributed by atoms with Crippen LogP contribution in [0.15, 0.2) is 0 Å². The first kappa shape index (κ1) is 27.4. The average molecular weight is 481 g/mol. The van der Waals surface area contributed by atoms with E-state index in [1.54, 1.807) is 0 Å². The molecule has 0 saturated heterocycles. The van der Waals surface area contributed by atoms with Gasteiger partial charge in [0.05, 0.1) is 5.92 Å². The van der Waals surface area contributed by atoms with Crippen LogP contribution in [0.3, 0.4) is 0 Å². The smallest absolute Gasteiger partial charge is 0.315 e. The normalized spacial score (nSPS) is 37.8. The molecule has 0 aromatic rings. The second kappa shape index (κ2) is 11.3. The number of carbonyl (C=O) groups is 2. The Bertz CT molecular complexity index is 699. The number of rotatable bonds is 8. The third-order valence-electron chi connectivity index (χ3n) is 9.09. The van der Waals surface area contributed by atoms with Crippen LogP contribution in [0.25, 0.3) is 0 Å². The van der Waals surface area contributed by atoms with Gasteiger partial charge in [0.25, 0.3) is 0 Å². The van der Waals surface area contributed by atoms with Crippen molar-refractivity contribution in [2.45, 2.75) is 104 Å². The molecule has 3 fully saturated rings. The van der Waals surface area contributed by atoms with Crippen LogP contribution in [-0.4, -0.2) is 44.2 Å². The van der Waals surface area contributed by atoms with E-state index in [1.807, 2.05) is 0 Å². The highest BCUT2D eigenvalue weighted by molar-refractivity contribution is 5.85. The van der Waals surface area contributed by atoms with Crippen molar-refractivity contribution < 1.29 is 28.5 Å². The molecule has 0 radical (unpaired) electrons. The van der Waals surface area contributed by atoms with Gasteiger partial charge in [-0.25, -0.2) is 0 Å². The highest BCUT2D eigenvalue weighted by Gasteiger charge is 2.64. The summed E-state index contributed by atoms with van der Waals surface area (Å²) in [4.78, 5) is 26.9. The van der Waals surface area contributed by atoms with Crippen LogP contribution in [0.4, 0.5) is 0 Å². The SMILES string of the molecule is COC1(OC)C[C@H](C(=O)O[C@@H]2C[C@H](C)CC[C@H]2C(C)C)[C@H]1C(=O)O[C@@H]1C[C@H](C)CCC1C(C)C. The summed E-state index contributed by atoms with van der Waals surface area (Å²) < 4.78 is 23.6. The first-order valence-electron chi connectivity index (χ1n) is 13.5. The van der Waals surface area contributed by atoms with Crippen molar-refractivity contribution in [1.82, 2.24) is 0 Å². The first-order chi connectivity index (χ1) is 16.0. The standard InChI is InChI=1S/C28H48O6/c1-16(2)20-11-9-18(5)13-23(20)33-26(29)22-15-28(31-7,32-8)25(22)27(30)34-24-14-19(6)10-12-21(24)17(3)4/h16-25H,9-15H2,1-8H3/t18-,19-,20+,21?,22+,23-,24-,25+/m1/s1. The van der Waals surface area contributed by atoms with Gasteiger partial charge in [0.15, 0.2) is 5.79 Å². The van der Waals surface area contributed by atoms with Crippen molar-refractivity contribution in [3.05, 3.63) is 0 Å². The van der Waals surface area contributed by atoms with E-state index in [-0.39, 0.29) is 24.1 Å². The molecule has 3 aliphatic carbocycles. The first-order valence-corrected chi connectivity index (χ1v) is 13.5. The summed E-state index contributed by atoms with van der Waals surface area (Å²) >= 11 is 0. The molecule has 34 heavy (non-hydrogen) atoms. The zero-order valence-corrected chi connectivity index (χ0v) is 22.7. The number of esters is 2. The predicted molar refractivity (Wildman–Crippen MR) is 131 cm³/mol. The van der Waals surface area contributed by atoms with Gasteiger partial charge in [-0.05, 0) is 61.2 Å². The molecule has 6 nitrogen and oxygen atoms in total. The van der Waals surface area contributed by atoms with Gasteiger partial charge in [-0.1, -0.05) is 54.4 Å². The van der Waals surface area contributed by atoms with E-state index in [0.29, 0.717) is 41.9 Å². The maximum Gasteiger partial charge on any atom is 0.315 e. The van der Waals surface area contributed by atoms with Gasteiger partial charge >= 0.3 is 11.9 Å². The molecule has 3 rings (SSSR count). The lowest BCUT2D eigenvalue weighted by Crippen LogP contribution is -2.63. The Morgan fingerprint density at radius 2 is 1.18 bits per heavy atom. The highest BCUT2D eigenvalue weighted by Crippen LogP contribution is 2.50. The summed E-state index contributed by atoms with van der Waals surface area (Å²) in [6.07, 6.45) is 6.27. The maximum absolute atomic E-state index is 13.5. The Morgan fingerprint density at radius 1 is 0.735 bits per heavy atom. The van der Waals surface area contributed by atoms with Crippen molar-refractivity contribution in [2.75, 3.05) is 14.2 Å². The monoisotopic (exact) mass is 480 g/mol. The Labute approximate surface area is 206 Å². The van der Waals surface area contributed by atoms with Gasteiger partial charge < -0.3 is 18.9 Å². The number of ether oxygens (including phenoxy) is 4. The molecule has 1 unspecified atom stereocenters.